The average molecular weight is 314 g/mol. The van der Waals surface area contributed by atoms with Gasteiger partial charge in [0.05, 0.1) is 10.7 Å². The van der Waals surface area contributed by atoms with Crippen LogP contribution in [0.1, 0.15) is 41.0 Å². The Balaban J connectivity index is 1.74. The zero-order valence-electron chi connectivity index (χ0n) is 14.1. The predicted octanol–water partition coefficient (Wildman–Crippen LogP) is 4.76. The molecule has 1 aliphatic heterocycles. The van der Waals surface area contributed by atoms with Crippen molar-refractivity contribution >= 4 is 11.3 Å². The molecule has 1 atom stereocenters. The van der Waals surface area contributed by atoms with Crippen LogP contribution < -0.4 is 0 Å². The number of hydrogen-bond acceptors (Lipinski definition) is 3. The summed E-state index contributed by atoms with van der Waals surface area (Å²) in [6.45, 7) is 7.81. The number of thiazole rings is 1. The summed E-state index contributed by atoms with van der Waals surface area (Å²) in [6.07, 6.45) is 5.07. The van der Waals surface area contributed by atoms with Crippen molar-refractivity contribution < 1.29 is 0 Å². The van der Waals surface area contributed by atoms with Gasteiger partial charge in [0.15, 0.2) is 0 Å². The molecule has 0 saturated carbocycles. The molecule has 2 heterocycles. The van der Waals surface area contributed by atoms with Crippen molar-refractivity contribution in [1.29, 1.82) is 0 Å². The molecule has 0 radical (unpaired) electrons. The van der Waals surface area contributed by atoms with Crippen LogP contribution in [0.15, 0.2) is 17.5 Å². The lowest BCUT2D eigenvalue weighted by Crippen LogP contribution is -2.25. The van der Waals surface area contributed by atoms with Gasteiger partial charge in [-0.25, -0.2) is 4.98 Å². The second kappa shape index (κ2) is 6.51. The molecule has 3 rings (SSSR count). The van der Waals surface area contributed by atoms with E-state index in [0.29, 0.717) is 0 Å². The van der Waals surface area contributed by atoms with E-state index in [1.54, 1.807) is 0 Å². The molecular formula is C19H26N2S. The van der Waals surface area contributed by atoms with Crippen LogP contribution in [-0.2, 0) is 6.42 Å². The Morgan fingerprint density at radius 3 is 2.59 bits per heavy atom. The number of likely N-dealkylation sites (tertiary alicyclic amines) is 1. The second-order valence-electron chi connectivity index (χ2n) is 6.72. The Bertz CT molecular complexity index is 636. The third-order valence-electron chi connectivity index (χ3n) is 4.85. The van der Waals surface area contributed by atoms with Crippen LogP contribution in [0, 0.1) is 20.8 Å². The van der Waals surface area contributed by atoms with Gasteiger partial charge in [0.25, 0.3) is 0 Å². The molecule has 1 fully saturated rings. The topological polar surface area (TPSA) is 16.1 Å². The summed E-state index contributed by atoms with van der Waals surface area (Å²) in [4.78, 5) is 7.42. The fourth-order valence-electron chi connectivity index (χ4n) is 3.76. The first-order valence-electron chi connectivity index (χ1n) is 8.27. The van der Waals surface area contributed by atoms with E-state index in [1.807, 2.05) is 11.3 Å². The van der Waals surface area contributed by atoms with Crippen LogP contribution in [0.5, 0.6) is 0 Å². The van der Waals surface area contributed by atoms with Crippen molar-refractivity contribution in [2.24, 2.45) is 0 Å². The SMILES string of the molecule is Cc1cc(C)c(-c2csc(CCC3CCCN3C)n2)c(C)c1. The molecule has 3 heteroatoms. The largest absolute Gasteiger partial charge is 0.303 e. The zero-order valence-corrected chi connectivity index (χ0v) is 15.0. The highest BCUT2D eigenvalue weighted by molar-refractivity contribution is 7.09. The normalized spacial score (nSPS) is 19.0. The molecule has 0 aliphatic carbocycles. The fourth-order valence-corrected chi connectivity index (χ4v) is 4.56. The molecule has 0 N–H and O–H groups in total. The summed E-state index contributed by atoms with van der Waals surface area (Å²) in [5.74, 6) is 0. The van der Waals surface area contributed by atoms with Gasteiger partial charge in [0.1, 0.15) is 0 Å². The van der Waals surface area contributed by atoms with Crippen molar-refractivity contribution in [2.75, 3.05) is 13.6 Å². The van der Waals surface area contributed by atoms with Gasteiger partial charge in [-0.15, -0.1) is 11.3 Å². The maximum Gasteiger partial charge on any atom is 0.0933 e. The maximum absolute atomic E-state index is 4.92. The highest BCUT2D eigenvalue weighted by Crippen LogP contribution is 2.30. The monoisotopic (exact) mass is 314 g/mol. The second-order valence-corrected chi connectivity index (χ2v) is 7.66. The molecule has 1 unspecified atom stereocenters. The minimum Gasteiger partial charge on any atom is -0.303 e. The van der Waals surface area contributed by atoms with Crippen LogP contribution in [-0.4, -0.2) is 29.5 Å². The number of hydrogen-bond donors (Lipinski definition) is 0. The van der Waals surface area contributed by atoms with Gasteiger partial charge >= 0.3 is 0 Å². The summed E-state index contributed by atoms with van der Waals surface area (Å²) >= 11 is 1.82. The van der Waals surface area contributed by atoms with Crippen LogP contribution in [0.25, 0.3) is 11.3 Å². The van der Waals surface area contributed by atoms with Gasteiger partial charge in [-0.1, -0.05) is 17.7 Å². The molecule has 1 aliphatic rings. The van der Waals surface area contributed by atoms with Gasteiger partial charge in [0, 0.05) is 23.4 Å². The number of nitrogens with zero attached hydrogens (tertiary/aromatic N) is 2. The molecule has 2 nitrogen and oxygen atoms in total. The average Bonchev–Trinajstić information content (AvgIpc) is 3.05. The smallest absolute Gasteiger partial charge is 0.0933 e. The van der Waals surface area contributed by atoms with E-state index in [2.05, 4.69) is 50.2 Å². The molecule has 0 amide bonds. The van der Waals surface area contributed by atoms with Crippen LogP contribution in [0.2, 0.25) is 0 Å². The van der Waals surface area contributed by atoms with Crippen molar-refractivity contribution in [3.63, 3.8) is 0 Å². The third-order valence-corrected chi connectivity index (χ3v) is 5.76. The van der Waals surface area contributed by atoms with Crippen molar-refractivity contribution in [2.45, 2.75) is 52.5 Å². The first-order valence-corrected chi connectivity index (χ1v) is 9.15. The van der Waals surface area contributed by atoms with Gasteiger partial charge in [-0.2, -0.15) is 0 Å². The number of aromatic nitrogens is 1. The van der Waals surface area contributed by atoms with Crippen molar-refractivity contribution in [3.8, 4) is 11.3 Å². The van der Waals surface area contributed by atoms with Crippen LogP contribution >= 0.6 is 11.3 Å². The number of aryl methyl sites for hydroxylation is 4. The Kier molecular flexibility index (Phi) is 4.65. The lowest BCUT2D eigenvalue weighted by molar-refractivity contribution is 0.296. The lowest BCUT2D eigenvalue weighted by atomic mass is 9.98. The number of rotatable bonds is 4. The zero-order chi connectivity index (χ0) is 15.7. The first-order chi connectivity index (χ1) is 10.5. The molecule has 0 bridgehead atoms. The summed E-state index contributed by atoms with van der Waals surface area (Å²) in [5.41, 5.74) is 6.49. The Labute approximate surface area is 138 Å². The molecule has 1 aromatic heterocycles. The first kappa shape index (κ1) is 15.7. The van der Waals surface area contributed by atoms with Gasteiger partial charge in [-0.3, -0.25) is 0 Å². The van der Waals surface area contributed by atoms with Crippen LogP contribution in [0.4, 0.5) is 0 Å². The summed E-state index contributed by atoms with van der Waals surface area (Å²) in [7, 11) is 2.25. The molecular weight excluding hydrogens is 288 g/mol. The highest BCUT2D eigenvalue weighted by Gasteiger charge is 2.21. The molecule has 0 spiro atoms. The van der Waals surface area contributed by atoms with E-state index in [4.69, 9.17) is 4.98 Å². The quantitative estimate of drug-likeness (QED) is 0.808. The molecule has 2 aromatic rings. The van der Waals surface area contributed by atoms with Crippen LogP contribution in [0.3, 0.4) is 0 Å². The van der Waals surface area contributed by atoms with E-state index in [1.165, 1.54) is 53.1 Å². The minimum absolute atomic E-state index is 0.759. The molecule has 1 saturated heterocycles. The highest BCUT2D eigenvalue weighted by atomic mass is 32.1. The van der Waals surface area contributed by atoms with Gasteiger partial charge in [0.2, 0.25) is 0 Å². The lowest BCUT2D eigenvalue weighted by Gasteiger charge is -2.18. The maximum atomic E-state index is 4.92. The fraction of sp³-hybridized carbons (Fsp3) is 0.526. The Morgan fingerprint density at radius 2 is 1.95 bits per heavy atom. The van der Waals surface area contributed by atoms with E-state index in [9.17, 15) is 0 Å². The van der Waals surface area contributed by atoms with Crippen molar-refractivity contribution in [3.05, 3.63) is 39.2 Å². The van der Waals surface area contributed by atoms with E-state index >= 15 is 0 Å². The third kappa shape index (κ3) is 3.26. The van der Waals surface area contributed by atoms with Crippen molar-refractivity contribution in [1.82, 2.24) is 9.88 Å². The molecule has 118 valence electrons. The predicted molar refractivity (Wildman–Crippen MR) is 95.7 cm³/mol. The summed E-state index contributed by atoms with van der Waals surface area (Å²) in [5, 5.41) is 3.52. The van der Waals surface area contributed by atoms with E-state index < -0.39 is 0 Å². The standard InChI is InChI=1S/C19H26N2S/c1-13-10-14(2)19(15(3)11-13)17-12-22-18(20-17)8-7-16-6-5-9-21(16)4/h10-12,16H,5-9H2,1-4H3. The summed E-state index contributed by atoms with van der Waals surface area (Å²) in [6, 6.07) is 5.28. The van der Waals surface area contributed by atoms with Gasteiger partial charge < -0.3 is 4.90 Å². The molecule has 1 aromatic carbocycles. The van der Waals surface area contributed by atoms with E-state index in [0.717, 1.165) is 18.2 Å². The van der Waals surface area contributed by atoms with Gasteiger partial charge in [-0.05, 0) is 64.8 Å². The minimum atomic E-state index is 0.759. The van der Waals surface area contributed by atoms with E-state index in [-0.39, 0.29) is 0 Å². The Morgan fingerprint density at radius 1 is 1.23 bits per heavy atom. The number of benzene rings is 1. The summed E-state index contributed by atoms with van der Waals surface area (Å²) < 4.78 is 0. The Hall–Kier alpha value is -1.19. The molecule has 22 heavy (non-hydrogen) atoms.